The van der Waals surface area contributed by atoms with Gasteiger partial charge < -0.3 is 15.0 Å². The number of nitrogens with zero attached hydrogens (tertiary/aromatic N) is 2. The van der Waals surface area contributed by atoms with Gasteiger partial charge in [0, 0.05) is 10.7 Å². The predicted octanol–water partition coefficient (Wildman–Crippen LogP) is 4.16. The quantitative estimate of drug-likeness (QED) is 0.605. The summed E-state index contributed by atoms with van der Waals surface area (Å²) in [6.45, 7) is 3.80. The molecule has 0 saturated carbocycles. The molecule has 1 atom stereocenters. The second-order valence-electron chi connectivity index (χ2n) is 5.52. The molecule has 130 valence electrons. The first-order valence-corrected chi connectivity index (χ1v) is 9.27. The largest absolute Gasteiger partial charge is 0.495 e. The molecule has 0 radical (unpaired) electrons. The van der Waals surface area contributed by atoms with E-state index in [1.54, 1.807) is 13.3 Å². The second-order valence-corrected chi connectivity index (χ2v) is 7.76. The lowest BCUT2D eigenvalue weighted by Crippen LogP contribution is -2.22. The van der Waals surface area contributed by atoms with Crippen LogP contribution in [-0.4, -0.2) is 33.2 Å². The SMILES string of the molecule is COc1ccc(C)cc1NC(=O)C(C)Sc1nc2ncc(Br)cc2[nH]1. The molecular weight excluding hydrogens is 404 g/mol. The number of hydrogen-bond acceptors (Lipinski definition) is 5. The number of benzene rings is 1. The molecule has 0 saturated heterocycles. The first-order chi connectivity index (χ1) is 12.0. The van der Waals surface area contributed by atoms with Crippen LogP contribution in [0, 0.1) is 6.92 Å². The monoisotopic (exact) mass is 420 g/mol. The number of ether oxygens (including phenoxy) is 1. The summed E-state index contributed by atoms with van der Waals surface area (Å²) in [5.74, 6) is 0.512. The van der Waals surface area contributed by atoms with Gasteiger partial charge in [0.25, 0.3) is 0 Å². The maximum absolute atomic E-state index is 12.5. The van der Waals surface area contributed by atoms with Crippen LogP contribution in [0.4, 0.5) is 5.69 Å². The average molecular weight is 421 g/mol. The summed E-state index contributed by atoms with van der Waals surface area (Å²) in [5, 5.41) is 3.23. The summed E-state index contributed by atoms with van der Waals surface area (Å²) in [4.78, 5) is 24.3. The maximum Gasteiger partial charge on any atom is 0.237 e. The van der Waals surface area contributed by atoms with E-state index in [-0.39, 0.29) is 11.2 Å². The summed E-state index contributed by atoms with van der Waals surface area (Å²) in [6, 6.07) is 7.57. The number of hydrogen-bond donors (Lipinski definition) is 2. The number of thioether (sulfide) groups is 1. The molecule has 0 aliphatic carbocycles. The van der Waals surface area contributed by atoms with Gasteiger partial charge in [-0.15, -0.1) is 0 Å². The number of imidazole rings is 1. The van der Waals surface area contributed by atoms with E-state index in [1.807, 2.05) is 38.1 Å². The van der Waals surface area contributed by atoms with Crippen molar-refractivity contribution in [2.45, 2.75) is 24.3 Å². The zero-order valence-electron chi connectivity index (χ0n) is 14.0. The zero-order valence-corrected chi connectivity index (χ0v) is 16.4. The van der Waals surface area contributed by atoms with Gasteiger partial charge in [0.05, 0.1) is 23.6 Å². The van der Waals surface area contributed by atoms with E-state index in [1.165, 1.54) is 11.8 Å². The molecule has 8 heteroatoms. The van der Waals surface area contributed by atoms with E-state index >= 15 is 0 Å². The fraction of sp³-hybridized carbons (Fsp3) is 0.235. The number of carbonyl (C=O) groups is 1. The van der Waals surface area contributed by atoms with Crippen LogP contribution in [0.1, 0.15) is 12.5 Å². The minimum atomic E-state index is -0.339. The molecule has 1 unspecified atom stereocenters. The molecule has 0 spiro atoms. The van der Waals surface area contributed by atoms with Crippen LogP contribution in [0.3, 0.4) is 0 Å². The van der Waals surface area contributed by atoms with Crippen molar-refractivity contribution >= 4 is 50.5 Å². The van der Waals surface area contributed by atoms with Crippen LogP contribution in [0.2, 0.25) is 0 Å². The Labute approximate surface area is 157 Å². The second kappa shape index (κ2) is 7.45. The Balaban J connectivity index is 1.72. The Morgan fingerprint density at radius 2 is 2.20 bits per heavy atom. The summed E-state index contributed by atoms with van der Waals surface area (Å²) < 4.78 is 6.17. The first kappa shape index (κ1) is 17.8. The number of methoxy groups -OCH3 is 1. The van der Waals surface area contributed by atoms with Crippen molar-refractivity contribution in [2.75, 3.05) is 12.4 Å². The number of pyridine rings is 1. The van der Waals surface area contributed by atoms with Crippen molar-refractivity contribution in [3.05, 3.63) is 40.5 Å². The van der Waals surface area contributed by atoms with Crippen molar-refractivity contribution in [3.63, 3.8) is 0 Å². The Kier molecular flexibility index (Phi) is 5.29. The highest BCUT2D eigenvalue weighted by Crippen LogP contribution is 2.28. The van der Waals surface area contributed by atoms with Crippen LogP contribution in [0.5, 0.6) is 5.75 Å². The topological polar surface area (TPSA) is 79.9 Å². The van der Waals surface area contributed by atoms with Gasteiger partial charge >= 0.3 is 0 Å². The summed E-state index contributed by atoms with van der Waals surface area (Å²) in [5.41, 5.74) is 3.16. The fourth-order valence-electron chi connectivity index (χ4n) is 2.28. The number of aryl methyl sites for hydroxylation is 1. The van der Waals surface area contributed by atoms with E-state index in [2.05, 4.69) is 36.2 Å². The summed E-state index contributed by atoms with van der Waals surface area (Å²) in [6.07, 6.45) is 1.69. The summed E-state index contributed by atoms with van der Waals surface area (Å²) in [7, 11) is 1.58. The molecule has 3 aromatic rings. The molecule has 2 heterocycles. The van der Waals surface area contributed by atoms with Crippen molar-refractivity contribution in [3.8, 4) is 5.75 Å². The molecule has 0 fully saturated rings. The van der Waals surface area contributed by atoms with Gasteiger partial charge in [0.15, 0.2) is 10.8 Å². The third-order valence-corrected chi connectivity index (χ3v) is 4.97. The van der Waals surface area contributed by atoms with Gasteiger partial charge in [-0.1, -0.05) is 17.8 Å². The molecule has 2 N–H and O–H groups in total. The third-order valence-electron chi connectivity index (χ3n) is 3.55. The van der Waals surface area contributed by atoms with Gasteiger partial charge in [-0.3, -0.25) is 4.79 Å². The standard InChI is InChI=1S/C17H17BrN4O2S/c1-9-4-5-14(24-3)12(6-9)20-16(23)10(2)25-17-21-13-7-11(18)8-19-15(13)22-17/h4-8,10H,1-3H3,(H,20,23)(H,19,21,22). The molecule has 6 nitrogen and oxygen atoms in total. The number of halogens is 1. The van der Waals surface area contributed by atoms with Crippen LogP contribution in [0.25, 0.3) is 11.2 Å². The lowest BCUT2D eigenvalue weighted by Gasteiger charge is -2.14. The van der Waals surface area contributed by atoms with Crippen molar-refractivity contribution < 1.29 is 9.53 Å². The fourth-order valence-corrected chi connectivity index (χ4v) is 3.42. The first-order valence-electron chi connectivity index (χ1n) is 7.59. The highest BCUT2D eigenvalue weighted by Gasteiger charge is 2.18. The number of nitrogens with one attached hydrogen (secondary N) is 2. The number of fused-ring (bicyclic) bond motifs is 1. The van der Waals surface area contributed by atoms with Gasteiger partial charge in [-0.05, 0) is 53.5 Å². The maximum atomic E-state index is 12.5. The number of rotatable bonds is 5. The van der Waals surface area contributed by atoms with Gasteiger partial charge in [-0.25, -0.2) is 9.97 Å². The van der Waals surface area contributed by atoms with Crippen LogP contribution in [-0.2, 0) is 4.79 Å². The highest BCUT2D eigenvalue weighted by molar-refractivity contribution is 9.10. The van der Waals surface area contributed by atoms with Crippen LogP contribution < -0.4 is 10.1 Å². The average Bonchev–Trinajstić information content (AvgIpc) is 2.96. The Bertz CT molecular complexity index is 928. The van der Waals surface area contributed by atoms with Gasteiger partial charge in [0.1, 0.15) is 5.75 Å². The number of aromatic nitrogens is 3. The molecule has 3 rings (SSSR count). The van der Waals surface area contributed by atoms with Gasteiger partial charge in [-0.2, -0.15) is 0 Å². The van der Waals surface area contributed by atoms with Crippen molar-refractivity contribution in [2.24, 2.45) is 0 Å². The lowest BCUT2D eigenvalue weighted by molar-refractivity contribution is -0.115. The number of amides is 1. The van der Waals surface area contributed by atoms with Crippen LogP contribution in [0.15, 0.2) is 40.1 Å². The minimum absolute atomic E-state index is 0.122. The molecule has 25 heavy (non-hydrogen) atoms. The minimum Gasteiger partial charge on any atom is -0.495 e. The predicted molar refractivity (Wildman–Crippen MR) is 103 cm³/mol. The molecule has 2 aromatic heterocycles. The molecular formula is C17H17BrN4O2S. The number of aromatic amines is 1. The molecule has 1 aromatic carbocycles. The van der Waals surface area contributed by atoms with Gasteiger partial charge in [0.2, 0.25) is 5.91 Å². The Morgan fingerprint density at radius 1 is 1.40 bits per heavy atom. The zero-order chi connectivity index (χ0) is 18.0. The smallest absolute Gasteiger partial charge is 0.237 e. The lowest BCUT2D eigenvalue weighted by atomic mass is 10.2. The number of H-pyrrole nitrogens is 1. The normalized spacial score (nSPS) is 12.2. The van der Waals surface area contributed by atoms with E-state index in [4.69, 9.17) is 4.74 Å². The molecule has 0 aliphatic heterocycles. The van der Waals surface area contributed by atoms with E-state index in [9.17, 15) is 4.79 Å². The van der Waals surface area contributed by atoms with Crippen molar-refractivity contribution in [1.29, 1.82) is 0 Å². The van der Waals surface area contributed by atoms with E-state index in [0.717, 1.165) is 15.6 Å². The molecule has 0 aliphatic rings. The Hall–Kier alpha value is -2.06. The molecule has 0 bridgehead atoms. The summed E-state index contributed by atoms with van der Waals surface area (Å²) >= 11 is 4.72. The van der Waals surface area contributed by atoms with Crippen LogP contribution >= 0.6 is 27.7 Å². The Morgan fingerprint density at radius 3 is 2.96 bits per heavy atom. The molecule has 1 amide bonds. The van der Waals surface area contributed by atoms with E-state index < -0.39 is 0 Å². The van der Waals surface area contributed by atoms with E-state index in [0.29, 0.717) is 22.2 Å². The highest BCUT2D eigenvalue weighted by atomic mass is 79.9. The number of anilines is 1. The number of carbonyl (C=O) groups excluding carboxylic acids is 1. The van der Waals surface area contributed by atoms with Crippen molar-refractivity contribution in [1.82, 2.24) is 15.0 Å². The third kappa shape index (κ3) is 4.13.